The third kappa shape index (κ3) is 3.78. The Labute approximate surface area is 154 Å². The van der Waals surface area contributed by atoms with Gasteiger partial charge in [0.05, 0.1) is 11.3 Å². The monoisotopic (exact) mass is 408 g/mol. The zero-order valence-electron chi connectivity index (χ0n) is 14.1. The van der Waals surface area contributed by atoms with Gasteiger partial charge in [0.15, 0.2) is 0 Å². The van der Waals surface area contributed by atoms with Crippen molar-refractivity contribution in [2.45, 2.75) is 44.8 Å². The van der Waals surface area contributed by atoms with Gasteiger partial charge < -0.3 is 20.9 Å². The number of carbonyl (C=O) groups excluding carboxylic acids is 3. The Kier molecular flexibility index (Phi) is 4.99. The van der Waals surface area contributed by atoms with Crippen molar-refractivity contribution in [1.82, 2.24) is 15.5 Å². The molecule has 1 aromatic rings. The zero-order chi connectivity index (χ0) is 18.1. The van der Waals surface area contributed by atoms with Crippen LogP contribution < -0.4 is 16.0 Å². The summed E-state index contributed by atoms with van der Waals surface area (Å²) in [6, 6.07) is 4.29. The summed E-state index contributed by atoms with van der Waals surface area (Å²) in [6.07, 6.45) is 1.02. The van der Waals surface area contributed by atoms with Crippen LogP contribution in [0.5, 0.6) is 0 Å². The molecule has 3 rings (SSSR count). The first-order chi connectivity index (χ1) is 11.8. The van der Waals surface area contributed by atoms with Gasteiger partial charge in [0.1, 0.15) is 6.04 Å². The van der Waals surface area contributed by atoms with E-state index in [2.05, 4.69) is 31.9 Å². The number of nitrogens with zero attached hydrogens (tertiary/aromatic N) is 1. The molecular formula is C17H21BrN4O3. The summed E-state index contributed by atoms with van der Waals surface area (Å²) in [5.41, 5.74) is 1.00. The number of anilines is 1. The van der Waals surface area contributed by atoms with Crippen LogP contribution >= 0.6 is 15.9 Å². The van der Waals surface area contributed by atoms with Crippen LogP contribution in [0.4, 0.5) is 10.5 Å². The first-order valence-corrected chi connectivity index (χ1v) is 9.13. The molecule has 4 amide bonds. The number of benzene rings is 1. The van der Waals surface area contributed by atoms with Gasteiger partial charge in [-0.2, -0.15) is 0 Å². The first kappa shape index (κ1) is 17.7. The van der Waals surface area contributed by atoms with Crippen LogP contribution in [-0.4, -0.2) is 47.4 Å². The number of amides is 4. The van der Waals surface area contributed by atoms with Gasteiger partial charge in [-0.25, -0.2) is 4.79 Å². The van der Waals surface area contributed by atoms with Gasteiger partial charge in [0.2, 0.25) is 5.91 Å². The molecule has 1 aromatic carbocycles. The molecule has 134 valence electrons. The Morgan fingerprint density at radius 3 is 2.84 bits per heavy atom. The molecule has 2 aliphatic rings. The second-order valence-corrected chi connectivity index (χ2v) is 7.60. The van der Waals surface area contributed by atoms with E-state index in [0.29, 0.717) is 30.6 Å². The Balaban J connectivity index is 1.77. The second kappa shape index (κ2) is 7.03. The van der Waals surface area contributed by atoms with Gasteiger partial charge in [0, 0.05) is 23.1 Å². The number of rotatable bonds is 2. The molecule has 0 spiro atoms. The average Bonchev–Trinajstić information content (AvgIpc) is 2.63. The van der Waals surface area contributed by atoms with E-state index in [1.165, 1.54) is 0 Å². The summed E-state index contributed by atoms with van der Waals surface area (Å²) < 4.78 is 0.786. The molecule has 0 unspecified atom stereocenters. The number of hydrogen-bond donors (Lipinski definition) is 3. The summed E-state index contributed by atoms with van der Waals surface area (Å²) in [4.78, 5) is 39.0. The number of carbonyl (C=O) groups is 3. The van der Waals surface area contributed by atoms with Crippen LogP contribution in [0.1, 0.15) is 37.0 Å². The molecule has 0 aliphatic carbocycles. The lowest BCUT2D eigenvalue weighted by molar-refractivity contribution is -0.121. The first-order valence-electron chi connectivity index (χ1n) is 8.33. The highest BCUT2D eigenvalue weighted by molar-refractivity contribution is 9.10. The molecule has 2 aliphatic heterocycles. The van der Waals surface area contributed by atoms with Crippen molar-refractivity contribution in [3.63, 3.8) is 0 Å². The van der Waals surface area contributed by atoms with Gasteiger partial charge in [-0.05, 0) is 44.9 Å². The molecule has 3 N–H and O–H groups in total. The van der Waals surface area contributed by atoms with E-state index in [1.54, 1.807) is 23.1 Å². The van der Waals surface area contributed by atoms with Crippen molar-refractivity contribution < 1.29 is 14.4 Å². The number of halogens is 1. The van der Waals surface area contributed by atoms with Gasteiger partial charge >= 0.3 is 6.03 Å². The van der Waals surface area contributed by atoms with Crippen LogP contribution in [0, 0.1) is 0 Å². The third-order valence-corrected chi connectivity index (χ3v) is 4.88. The number of hydrogen-bond acceptors (Lipinski definition) is 3. The van der Waals surface area contributed by atoms with Crippen molar-refractivity contribution in [2.75, 3.05) is 11.9 Å². The smallest absolute Gasteiger partial charge is 0.315 e. The standard InChI is InChI=1S/C17H21BrN4O3/c1-9(2)19-17(25)20-11-5-6-22-14(8-11)15(23)21-13-4-3-10(18)7-12(13)16(22)24/h3-4,7,9,11,14H,5-6,8H2,1-2H3,(H,21,23)(H2,19,20,25)/t11-,14+/m1/s1. The van der Waals surface area contributed by atoms with Crippen molar-refractivity contribution in [3.8, 4) is 0 Å². The lowest BCUT2D eigenvalue weighted by atomic mass is 9.96. The Hall–Kier alpha value is -2.09. The van der Waals surface area contributed by atoms with E-state index in [0.717, 1.165) is 4.47 Å². The SMILES string of the molecule is CC(C)NC(=O)N[C@@H]1CCN2C(=O)c3cc(Br)ccc3NC(=O)[C@@H]2C1. The maximum Gasteiger partial charge on any atom is 0.315 e. The van der Waals surface area contributed by atoms with Crippen molar-refractivity contribution in [2.24, 2.45) is 0 Å². The highest BCUT2D eigenvalue weighted by atomic mass is 79.9. The van der Waals surface area contributed by atoms with E-state index < -0.39 is 6.04 Å². The summed E-state index contributed by atoms with van der Waals surface area (Å²) >= 11 is 3.36. The lowest BCUT2D eigenvalue weighted by Crippen LogP contribution is -2.56. The average molecular weight is 409 g/mol. The van der Waals surface area contributed by atoms with E-state index in [9.17, 15) is 14.4 Å². The zero-order valence-corrected chi connectivity index (χ0v) is 15.7. The van der Waals surface area contributed by atoms with Gasteiger partial charge in [0.25, 0.3) is 5.91 Å². The van der Waals surface area contributed by atoms with Gasteiger partial charge in [-0.1, -0.05) is 15.9 Å². The molecule has 0 radical (unpaired) electrons. The van der Waals surface area contributed by atoms with E-state index in [4.69, 9.17) is 0 Å². The Morgan fingerprint density at radius 1 is 1.36 bits per heavy atom. The minimum absolute atomic E-state index is 0.0378. The van der Waals surface area contributed by atoms with Crippen molar-refractivity contribution >= 4 is 39.5 Å². The molecular weight excluding hydrogens is 388 g/mol. The fraction of sp³-hybridized carbons (Fsp3) is 0.471. The number of piperidine rings is 1. The molecule has 0 saturated carbocycles. The minimum atomic E-state index is -0.586. The predicted molar refractivity (Wildman–Crippen MR) is 97.4 cm³/mol. The maximum absolute atomic E-state index is 12.9. The fourth-order valence-corrected chi connectivity index (χ4v) is 3.61. The van der Waals surface area contributed by atoms with Crippen LogP contribution in [0.3, 0.4) is 0 Å². The number of nitrogens with one attached hydrogen (secondary N) is 3. The quantitative estimate of drug-likeness (QED) is 0.699. The second-order valence-electron chi connectivity index (χ2n) is 6.69. The van der Waals surface area contributed by atoms with Crippen LogP contribution in [0.15, 0.2) is 22.7 Å². The summed E-state index contributed by atoms with van der Waals surface area (Å²) in [6.45, 7) is 4.19. The number of urea groups is 1. The van der Waals surface area contributed by atoms with Crippen LogP contribution in [0.25, 0.3) is 0 Å². The molecule has 7 nitrogen and oxygen atoms in total. The molecule has 1 saturated heterocycles. The minimum Gasteiger partial charge on any atom is -0.336 e. The fourth-order valence-electron chi connectivity index (χ4n) is 3.25. The van der Waals surface area contributed by atoms with E-state index in [1.807, 2.05) is 13.8 Å². The molecule has 0 bridgehead atoms. The lowest BCUT2D eigenvalue weighted by Gasteiger charge is -2.37. The van der Waals surface area contributed by atoms with Crippen molar-refractivity contribution in [1.29, 1.82) is 0 Å². The van der Waals surface area contributed by atoms with E-state index >= 15 is 0 Å². The number of fused-ring (bicyclic) bond motifs is 2. The molecule has 2 heterocycles. The Bertz CT molecular complexity index is 722. The predicted octanol–water partition coefficient (Wildman–Crippen LogP) is 2.08. The third-order valence-electron chi connectivity index (χ3n) is 4.39. The van der Waals surface area contributed by atoms with Gasteiger partial charge in [-0.15, -0.1) is 0 Å². The van der Waals surface area contributed by atoms with E-state index in [-0.39, 0.29) is 29.9 Å². The highest BCUT2D eigenvalue weighted by Gasteiger charge is 2.40. The van der Waals surface area contributed by atoms with Crippen LogP contribution in [0.2, 0.25) is 0 Å². The highest BCUT2D eigenvalue weighted by Crippen LogP contribution is 2.30. The molecule has 2 atom stereocenters. The molecule has 0 aromatic heterocycles. The molecule has 8 heteroatoms. The summed E-state index contributed by atoms with van der Waals surface area (Å²) in [7, 11) is 0. The Morgan fingerprint density at radius 2 is 2.12 bits per heavy atom. The molecule has 25 heavy (non-hydrogen) atoms. The normalized spacial score (nSPS) is 22.6. The molecule has 1 fully saturated rings. The largest absolute Gasteiger partial charge is 0.336 e. The maximum atomic E-state index is 12.9. The topological polar surface area (TPSA) is 90.5 Å². The van der Waals surface area contributed by atoms with Gasteiger partial charge in [-0.3, -0.25) is 9.59 Å². The summed E-state index contributed by atoms with van der Waals surface area (Å²) in [5, 5.41) is 8.51. The van der Waals surface area contributed by atoms with Crippen LogP contribution in [-0.2, 0) is 4.79 Å². The summed E-state index contributed by atoms with van der Waals surface area (Å²) in [5.74, 6) is -0.380. The van der Waals surface area contributed by atoms with Crippen molar-refractivity contribution in [3.05, 3.63) is 28.2 Å².